The first-order valence-electron chi connectivity index (χ1n) is 40.3. The third-order valence-electron chi connectivity index (χ3n) is 18.1. The Balaban J connectivity index is 5.26. The van der Waals surface area contributed by atoms with Crippen LogP contribution in [0.15, 0.2) is 0 Å². The Bertz CT molecular complexity index is 1890. The molecule has 0 radical (unpaired) electrons. The van der Waals surface area contributed by atoms with Gasteiger partial charge in [-0.2, -0.15) is 0 Å². The highest BCUT2D eigenvalue weighted by Gasteiger charge is 2.30. The van der Waals surface area contributed by atoms with E-state index in [0.717, 1.165) is 108 Å². The van der Waals surface area contributed by atoms with Crippen molar-refractivity contribution in [2.75, 3.05) is 39.6 Å². The van der Waals surface area contributed by atoms with Crippen LogP contribution in [0.25, 0.3) is 0 Å². The van der Waals surface area contributed by atoms with Gasteiger partial charge in [-0.15, -0.1) is 0 Å². The molecule has 0 bridgehead atoms. The largest absolute Gasteiger partial charge is 0.472 e. The van der Waals surface area contributed by atoms with E-state index in [9.17, 15) is 43.2 Å². The van der Waals surface area contributed by atoms with Gasteiger partial charge in [-0.3, -0.25) is 37.3 Å². The second kappa shape index (κ2) is 68.5. The Morgan fingerprint density at radius 3 is 0.701 bits per heavy atom. The summed E-state index contributed by atoms with van der Waals surface area (Å²) in [6.45, 7) is 11.9. The summed E-state index contributed by atoms with van der Waals surface area (Å²) in [5, 5.41) is 10.6. The molecule has 0 heterocycles. The monoisotopic (exact) mass is 1420 g/mol. The molecule has 0 fully saturated rings. The Labute approximate surface area is 594 Å². The number of carbonyl (C=O) groups is 4. The molecule has 5 atom stereocenters. The number of aliphatic hydroxyl groups excluding tert-OH is 1. The highest BCUT2D eigenvalue weighted by Crippen LogP contribution is 2.45. The molecule has 0 aliphatic rings. The van der Waals surface area contributed by atoms with Gasteiger partial charge in [0.15, 0.2) is 12.2 Å². The van der Waals surface area contributed by atoms with Crippen molar-refractivity contribution in [3.8, 4) is 0 Å². The number of ether oxygens (including phenoxy) is 4. The number of hydrogen-bond donors (Lipinski definition) is 3. The molecular weight excluding hydrogens is 1270 g/mol. The van der Waals surface area contributed by atoms with Crippen LogP contribution in [0, 0.1) is 17.8 Å². The van der Waals surface area contributed by atoms with E-state index in [-0.39, 0.29) is 25.7 Å². The van der Waals surface area contributed by atoms with Crippen LogP contribution in [0.1, 0.15) is 402 Å². The number of phosphoric ester groups is 2. The molecule has 0 saturated carbocycles. The van der Waals surface area contributed by atoms with Gasteiger partial charge in [0.25, 0.3) is 0 Å². The minimum absolute atomic E-state index is 0.105. The SMILES string of the molecule is CCCCCCCCCCCCCCCCCCC(=O)OC[C@H](COP(=O)(O)OC[C@@H](O)COP(=O)(O)OC[C@@H](COC(=O)CCCCCCCCCCCC(C)C)OC(=O)CCCCCCCCCCCC(C)C)OC(=O)CCCCCCCCCCCCCCCCC(C)C. The molecule has 0 saturated heterocycles. The van der Waals surface area contributed by atoms with Crippen LogP contribution >= 0.6 is 15.6 Å². The van der Waals surface area contributed by atoms with Crippen LogP contribution in [-0.4, -0.2) is 96.7 Å². The fourth-order valence-electron chi connectivity index (χ4n) is 12.0. The average Bonchev–Trinajstić information content (AvgIpc) is 1.40. The van der Waals surface area contributed by atoms with Gasteiger partial charge in [0.2, 0.25) is 0 Å². The van der Waals surface area contributed by atoms with E-state index in [2.05, 4.69) is 48.5 Å². The van der Waals surface area contributed by atoms with E-state index in [1.54, 1.807) is 0 Å². The fraction of sp³-hybridized carbons (Fsp3) is 0.949. The molecule has 0 rings (SSSR count). The lowest BCUT2D eigenvalue weighted by molar-refractivity contribution is -0.161. The molecule has 0 aromatic rings. The van der Waals surface area contributed by atoms with Gasteiger partial charge in [-0.1, -0.05) is 350 Å². The van der Waals surface area contributed by atoms with E-state index in [1.807, 2.05) is 0 Å². The predicted molar refractivity (Wildman–Crippen MR) is 395 cm³/mol. The van der Waals surface area contributed by atoms with Crippen LogP contribution < -0.4 is 0 Å². The molecule has 0 amide bonds. The lowest BCUT2D eigenvalue weighted by Crippen LogP contribution is -2.30. The summed E-state index contributed by atoms with van der Waals surface area (Å²) >= 11 is 0. The maximum atomic E-state index is 13.1. The van der Waals surface area contributed by atoms with Gasteiger partial charge in [0.1, 0.15) is 19.3 Å². The molecule has 97 heavy (non-hydrogen) atoms. The molecule has 0 spiro atoms. The predicted octanol–water partition coefficient (Wildman–Crippen LogP) is 23.0. The Morgan fingerprint density at radius 2 is 0.474 bits per heavy atom. The molecule has 3 N–H and O–H groups in total. The zero-order valence-corrected chi connectivity index (χ0v) is 65.3. The topological polar surface area (TPSA) is 237 Å². The molecule has 0 aliphatic heterocycles. The second-order valence-electron chi connectivity index (χ2n) is 29.5. The maximum absolute atomic E-state index is 13.1. The minimum atomic E-state index is -4.96. The van der Waals surface area contributed by atoms with Gasteiger partial charge in [-0.25, -0.2) is 9.13 Å². The Kier molecular flexibility index (Phi) is 67.1. The Hall–Kier alpha value is -1.94. The van der Waals surface area contributed by atoms with Crippen molar-refractivity contribution >= 4 is 39.5 Å². The first-order chi connectivity index (χ1) is 46.7. The first-order valence-corrected chi connectivity index (χ1v) is 43.3. The molecule has 17 nitrogen and oxygen atoms in total. The van der Waals surface area contributed by atoms with Gasteiger partial charge in [0.05, 0.1) is 26.4 Å². The van der Waals surface area contributed by atoms with Crippen molar-refractivity contribution < 1.29 is 80.2 Å². The molecule has 576 valence electrons. The van der Waals surface area contributed by atoms with E-state index >= 15 is 0 Å². The molecule has 0 aliphatic carbocycles. The maximum Gasteiger partial charge on any atom is 0.472 e. The summed E-state index contributed by atoms with van der Waals surface area (Å²) in [6, 6.07) is 0. The van der Waals surface area contributed by atoms with E-state index in [1.165, 1.54) is 212 Å². The van der Waals surface area contributed by atoms with E-state index in [4.69, 9.17) is 37.0 Å². The van der Waals surface area contributed by atoms with Crippen molar-refractivity contribution in [3.05, 3.63) is 0 Å². The summed E-state index contributed by atoms with van der Waals surface area (Å²) < 4.78 is 68.6. The van der Waals surface area contributed by atoms with Crippen molar-refractivity contribution in [1.29, 1.82) is 0 Å². The van der Waals surface area contributed by atoms with Crippen molar-refractivity contribution in [2.24, 2.45) is 17.8 Å². The van der Waals surface area contributed by atoms with Crippen LogP contribution in [0.3, 0.4) is 0 Å². The number of rotatable bonds is 76. The minimum Gasteiger partial charge on any atom is -0.462 e. The van der Waals surface area contributed by atoms with Gasteiger partial charge in [-0.05, 0) is 43.4 Å². The summed E-state index contributed by atoms with van der Waals surface area (Å²) in [7, 11) is -9.92. The number of phosphoric acid groups is 2. The van der Waals surface area contributed by atoms with Gasteiger partial charge >= 0.3 is 39.5 Å². The van der Waals surface area contributed by atoms with Crippen LogP contribution in [0.5, 0.6) is 0 Å². The van der Waals surface area contributed by atoms with Crippen molar-refractivity contribution in [3.63, 3.8) is 0 Å². The number of aliphatic hydroxyl groups is 1. The normalized spacial score (nSPS) is 14.0. The van der Waals surface area contributed by atoms with Gasteiger partial charge in [0, 0.05) is 25.7 Å². The highest BCUT2D eigenvalue weighted by atomic mass is 31.2. The number of unbranched alkanes of at least 4 members (excludes halogenated alkanes) is 44. The zero-order valence-electron chi connectivity index (χ0n) is 63.5. The number of hydrogen-bond acceptors (Lipinski definition) is 15. The molecule has 0 aromatic heterocycles. The standard InChI is InChI=1S/C78H152O17P2/c1-8-9-10-11-12-13-14-15-16-17-21-24-31-38-45-52-59-75(80)88-65-73(94-77(82)61-54-47-40-32-25-22-19-18-20-23-28-35-42-49-56-69(2)3)67-92-96(84,85)90-63-72(79)64-91-97(86,87)93-68-74(95-78(83)62-55-48-41-34-27-30-37-44-51-58-71(6)7)66-89-76(81)60-53-46-39-33-26-29-36-43-50-57-70(4)5/h69-74,79H,8-68H2,1-7H3,(H,84,85)(H,86,87)/t72-,73-,74-/m1/s1. The fourth-order valence-corrected chi connectivity index (χ4v) is 13.5. The van der Waals surface area contributed by atoms with Crippen molar-refractivity contribution in [2.45, 2.75) is 420 Å². The third kappa shape index (κ3) is 72.2. The van der Waals surface area contributed by atoms with Crippen molar-refractivity contribution in [1.82, 2.24) is 0 Å². The van der Waals surface area contributed by atoms with E-state index < -0.39 is 97.5 Å². The quantitative estimate of drug-likeness (QED) is 0.0222. The third-order valence-corrected chi connectivity index (χ3v) is 20.0. The smallest absolute Gasteiger partial charge is 0.462 e. The van der Waals surface area contributed by atoms with Crippen LogP contribution in [0.4, 0.5) is 0 Å². The van der Waals surface area contributed by atoms with Crippen LogP contribution in [0.2, 0.25) is 0 Å². The molecule has 19 heteroatoms. The average molecular weight is 1420 g/mol. The lowest BCUT2D eigenvalue weighted by Gasteiger charge is -2.21. The Morgan fingerprint density at radius 1 is 0.278 bits per heavy atom. The van der Waals surface area contributed by atoms with Gasteiger partial charge < -0.3 is 33.8 Å². The number of carbonyl (C=O) groups excluding carboxylic acids is 4. The number of esters is 4. The van der Waals surface area contributed by atoms with Crippen LogP contribution in [-0.2, 0) is 65.4 Å². The molecule has 0 aromatic carbocycles. The zero-order chi connectivity index (χ0) is 71.6. The summed E-state index contributed by atoms with van der Waals surface area (Å²) in [5.74, 6) is 0.161. The highest BCUT2D eigenvalue weighted by molar-refractivity contribution is 7.47. The molecule has 2 unspecified atom stereocenters. The summed E-state index contributed by atoms with van der Waals surface area (Å²) in [6.07, 6.45) is 55.5. The molecular formula is C78H152O17P2. The summed E-state index contributed by atoms with van der Waals surface area (Å²) in [5.41, 5.74) is 0. The lowest BCUT2D eigenvalue weighted by atomic mass is 10.0. The second-order valence-corrected chi connectivity index (χ2v) is 32.4. The van der Waals surface area contributed by atoms with E-state index in [0.29, 0.717) is 25.7 Å². The first kappa shape index (κ1) is 95.1. The summed E-state index contributed by atoms with van der Waals surface area (Å²) in [4.78, 5) is 72.9.